The van der Waals surface area contributed by atoms with Crippen molar-refractivity contribution < 1.29 is 9.90 Å². The Morgan fingerprint density at radius 1 is 1.23 bits per heavy atom. The van der Waals surface area contributed by atoms with Crippen LogP contribution in [0.4, 0.5) is 5.69 Å². The van der Waals surface area contributed by atoms with Crippen LogP contribution in [0.5, 0.6) is 0 Å². The summed E-state index contributed by atoms with van der Waals surface area (Å²) >= 11 is 0. The number of hydrogen-bond donors (Lipinski definition) is 3. The third kappa shape index (κ3) is 7.05. The lowest BCUT2D eigenvalue weighted by Gasteiger charge is -2.19. The maximum atomic E-state index is 12.1. The molecule has 3 atom stereocenters. The van der Waals surface area contributed by atoms with Crippen molar-refractivity contribution in [2.24, 2.45) is 5.92 Å². The predicted octanol–water partition coefficient (Wildman–Crippen LogP) is 3.02. The van der Waals surface area contributed by atoms with Gasteiger partial charge in [-0.1, -0.05) is 24.6 Å². The first-order valence-electron chi connectivity index (χ1n) is 8.06. The van der Waals surface area contributed by atoms with Crippen LogP contribution < -0.4 is 10.6 Å². The molecular formula is C18H30N2O2. The van der Waals surface area contributed by atoms with Crippen molar-refractivity contribution in [2.75, 3.05) is 11.9 Å². The Balaban J connectivity index is 2.38. The van der Waals surface area contributed by atoms with Gasteiger partial charge in [0.1, 0.15) is 0 Å². The van der Waals surface area contributed by atoms with Gasteiger partial charge in [0.2, 0.25) is 5.91 Å². The molecule has 0 aliphatic carbocycles. The Kier molecular flexibility index (Phi) is 7.56. The van der Waals surface area contributed by atoms with E-state index in [1.807, 2.05) is 32.9 Å². The van der Waals surface area contributed by atoms with Gasteiger partial charge in [-0.3, -0.25) is 4.79 Å². The lowest BCUT2D eigenvalue weighted by Crippen LogP contribution is -2.34. The molecule has 3 N–H and O–H groups in total. The van der Waals surface area contributed by atoms with Gasteiger partial charge in [-0.05, 0) is 58.2 Å². The second kappa shape index (κ2) is 8.91. The average molecular weight is 306 g/mol. The number of aryl methyl sites for hydroxylation is 2. The fourth-order valence-electron chi connectivity index (χ4n) is 2.57. The average Bonchev–Trinajstić information content (AvgIpc) is 2.39. The van der Waals surface area contributed by atoms with E-state index < -0.39 is 0 Å². The highest BCUT2D eigenvalue weighted by atomic mass is 16.3. The monoisotopic (exact) mass is 306 g/mol. The van der Waals surface area contributed by atoms with Crippen molar-refractivity contribution in [1.29, 1.82) is 0 Å². The van der Waals surface area contributed by atoms with Crippen LogP contribution >= 0.6 is 0 Å². The molecule has 0 bridgehead atoms. The molecule has 22 heavy (non-hydrogen) atoms. The van der Waals surface area contributed by atoms with Crippen LogP contribution in [0.3, 0.4) is 0 Å². The van der Waals surface area contributed by atoms with Gasteiger partial charge in [-0.15, -0.1) is 0 Å². The zero-order valence-electron chi connectivity index (χ0n) is 14.4. The van der Waals surface area contributed by atoms with Crippen molar-refractivity contribution in [2.45, 2.75) is 59.6 Å². The molecule has 0 aliphatic heterocycles. The minimum atomic E-state index is -0.278. The molecule has 0 saturated carbocycles. The van der Waals surface area contributed by atoms with Crippen LogP contribution in [0.25, 0.3) is 0 Å². The molecule has 0 spiro atoms. The number of hydrogen-bond acceptors (Lipinski definition) is 3. The highest BCUT2D eigenvalue weighted by Gasteiger charge is 2.12. The molecule has 1 aromatic carbocycles. The van der Waals surface area contributed by atoms with Crippen molar-refractivity contribution in [3.05, 3.63) is 29.3 Å². The number of benzene rings is 1. The Labute approximate surface area is 134 Å². The van der Waals surface area contributed by atoms with Crippen molar-refractivity contribution in [3.8, 4) is 0 Å². The predicted molar refractivity (Wildman–Crippen MR) is 92.1 cm³/mol. The van der Waals surface area contributed by atoms with Crippen LogP contribution in [0, 0.1) is 19.8 Å². The number of amides is 1. The molecule has 0 fully saturated rings. The van der Waals surface area contributed by atoms with Gasteiger partial charge in [-0.2, -0.15) is 0 Å². The van der Waals surface area contributed by atoms with Crippen molar-refractivity contribution in [3.63, 3.8) is 0 Å². The zero-order chi connectivity index (χ0) is 16.7. The summed E-state index contributed by atoms with van der Waals surface area (Å²) in [6, 6.07) is 6.13. The summed E-state index contributed by atoms with van der Waals surface area (Å²) in [6.07, 6.45) is 0.934. The smallest absolute Gasteiger partial charge is 0.225 e. The first-order chi connectivity index (χ1) is 10.3. The molecule has 1 aromatic rings. The number of aliphatic hydroxyl groups excluding tert-OH is 1. The van der Waals surface area contributed by atoms with E-state index in [-0.39, 0.29) is 18.1 Å². The molecular weight excluding hydrogens is 276 g/mol. The van der Waals surface area contributed by atoms with E-state index in [0.717, 1.165) is 24.2 Å². The van der Waals surface area contributed by atoms with Gasteiger partial charge in [0.25, 0.3) is 0 Å². The fraction of sp³-hybridized carbons (Fsp3) is 0.611. The van der Waals surface area contributed by atoms with Crippen LogP contribution in [-0.2, 0) is 4.79 Å². The first kappa shape index (κ1) is 18.7. The van der Waals surface area contributed by atoms with Crippen LogP contribution in [0.15, 0.2) is 18.2 Å². The summed E-state index contributed by atoms with van der Waals surface area (Å²) in [5.41, 5.74) is 3.16. The number of rotatable bonds is 8. The highest BCUT2D eigenvalue weighted by molar-refractivity contribution is 5.91. The third-order valence-electron chi connectivity index (χ3n) is 3.71. The molecule has 0 aliphatic rings. The lowest BCUT2D eigenvalue weighted by molar-refractivity contribution is -0.116. The molecule has 0 aromatic heterocycles. The molecule has 0 saturated heterocycles. The Hall–Kier alpha value is -1.39. The molecule has 4 nitrogen and oxygen atoms in total. The number of carbonyl (C=O) groups excluding carboxylic acids is 1. The van der Waals surface area contributed by atoms with E-state index in [4.69, 9.17) is 0 Å². The standard InChI is InChI=1S/C18H30N2O2/c1-12-6-7-17(14(3)8-12)20-18(22)10-15(4)19-11-13(2)9-16(5)21/h6-8,13,15-16,19,21H,9-11H2,1-5H3,(H,20,22). The summed E-state index contributed by atoms with van der Waals surface area (Å²) < 4.78 is 0. The van der Waals surface area contributed by atoms with E-state index in [1.165, 1.54) is 5.56 Å². The Bertz CT molecular complexity index is 486. The SMILES string of the molecule is Cc1ccc(NC(=O)CC(C)NCC(C)CC(C)O)c(C)c1. The molecule has 3 unspecified atom stereocenters. The number of nitrogens with one attached hydrogen (secondary N) is 2. The quantitative estimate of drug-likeness (QED) is 0.692. The molecule has 0 radical (unpaired) electrons. The summed E-state index contributed by atoms with van der Waals surface area (Å²) in [5.74, 6) is 0.417. The van der Waals surface area contributed by atoms with E-state index in [0.29, 0.717) is 12.3 Å². The largest absolute Gasteiger partial charge is 0.393 e. The Morgan fingerprint density at radius 3 is 2.50 bits per heavy atom. The highest BCUT2D eigenvalue weighted by Crippen LogP contribution is 2.16. The molecule has 124 valence electrons. The maximum Gasteiger partial charge on any atom is 0.225 e. The Morgan fingerprint density at radius 2 is 1.91 bits per heavy atom. The molecule has 4 heteroatoms. The summed E-state index contributed by atoms with van der Waals surface area (Å²) in [4.78, 5) is 12.1. The minimum Gasteiger partial charge on any atom is -0.393 e. The normalized spacial score (nSPS) is 15.2. The van der Waals surface area contributed by atoms with Gasteiger partial charge in [-0.25, -0.2) is 0 Å². The topological polar surface area (TPSA) is 61.4 Å². The molecule has 0 heterocycles. The third-order valence-corrected chi connectivity index (χ3v) is 3.71. The first-order valence-corrected chi connectivity index (χ1v) is 8.06. The fourth-order valence-corrected chi connectivity index (χ4v) is 2.57. The second-order valence-corrected chi connectivity index (χ2v) is 6.57. The maximum absolute atomic E-state index is 12.1. The van der Waals surface area contributed by atoms with Crippen LogP contribution in [-0.4, -0.2) is 29.7 Å². The van der Waals surface area contributed by atoms with Gasteiger partial charge < -0.3 is 15.7 Å². The summed E-state index contributed by atoms with van der Waals surface area (Å²) in [7, 11) is 0. The lowest BCUT2D eigenvalue weighted by atomic mass is 10.0. The number of aliphatic hydroxyl groups is 1. The van der Waals surface area contributed by atoms with E-state index in [1.54, 1.807) is 6.92 Å². The van der Waals surface area contributed by atoms with Gasteiger partial charge in [0.05, 0.1) is 6.10 Å². The van der Waals surface area contributed by atoms with E-state index in [9.17, 15) is 9.90 Å². The molecule has 1 rings (SSSR count). The van der Waals surface area contributed by atoms with Crippen molar-refractivity contribution in [1.82, 2.24) is 5.32 Å². The second-order valence-electron chi connectivity index (χ2n) is 6.57. The number of carbonyl (C=O) groups is 1. The van der Waals surface area contributed by atoms with Gasteiger partial charge >= 0.3 is 0 Å². The zero-order valence-corrected chi connectivity index (χ0v) is 14.4. The van der Waals surface area contributed by atoms with Crippen LogP contribution in [0.2, 0.25) is 0 Å². The summed E-state index contributed by atoms with van der Waals surface area (Å²) in [6.45, 7) is 10.8. The number of anilines is 1. The van der Waals surface area contributed by atoms with Crippen molar-refractivity contribution >= 4 is 11.6 Å². The van der Waals surface area contributed by atoms with Gasteiger partial charge in [0, 0.05) is 18.2 Å². The summed E-state index contributed by atoms with van der Waals surface area (Å²) in [5, 5.41) is 15.7. The van der Waals surface area contributed by atoms with E-state index >= 15 is 0 Å². The van der Waals surface area contributed by atoms with Gasteiger partial charge in [0.15, 0.2) is 0 Å². The van der Waals surface area contributed by atoms with Crippen LogP contribution in [0.1, 0.15) is 44.7 Å². The van der Waals surface area contributed by atoms with E-state index in [2.05, 4.69) is 23.6 Å². The minimum absolute atomic E-state index is 0.0233. The molecule has 1 amide bonds.